The molecule has 158 valence electrons. The fraction of sp³-hybridized carbons (Fsp3) is 0.421. The second kappa shape index (κ2) is 9.44. The maximum absolute atomic E-state index is 12.9. The third kappa shape index (κ3) is 6.81. The van der Waals surface area contributed by atoms with Crippen molar-refractivity contribution in [2.24, 2.45) is 4.99 Å². The Kier molecular flexibility index (Phi) is 7.24. The van der Waals surface area contributed by atoms with Gasteiger partial charge in [0.1, 0.15) is 5.76 Å². The zero-order chi connectivity index (χ0) is 21.6. The zero-order valence-electron chi connectivity index (χ0n) is 16.7. The number of carbonyl (C=O) groups is 1. The summed E-state index contributed by atoms with van der Waals surface area (Å²) >= 11 is 0. The standard InChI is InChI=1S/C19H24F3N5O2/c1-12-13(2)29-16(26-12)10-24-18(25-11-17(28)27(3)4)23-9-14-6-5-7-15(8-14)19(20,21)22/h5-8H,9-11H2,1-4H3,(H2,23,24,25). The number of oxazole rings is 1. The SMILES string of the molecule is Cc1nc(CNC(=NCc2cccc(C(F)(F)F)c2)NCC(=O)N(C)C)oc1C. The van der Waals surface area contributed by atoms with Crippen LogP contribution < -0.4 is 10.6 Å². The Morgan fingerprint density at radius 1 is 1.24 bits per heavy atom. The molecule has 29 heavy (non-hydrogen) atoms. The monoisotopic (exact) mass is 411 g/mol. The molecule has 0 aliphatic heterocycles. The van der Waals surface area contributed by atoms with Gasteiger partial charge in [-0.2, -0.15) is 13.2 Å². The van der Waals surface area contributed by atoms with Gasteiger partial charge in [-0.25, -0.2) is 9.98 Å². The smallest absolute Gasteiger partial charge is 0.416 e. The van der Waals surface area contributed by atoms with Crippen LogP contribution in [0.15, 0.2) is 33.7 Å². The molecular weight excluding hydrogens is 387 g/mol. The summed E-state index contributed by atoms with van der Waals surface area (Å²) in [5.74, 6) is 1.21. The third-order valence-electron chi connectivity index (χ3n) is 4.06. The molecular formula is C19H24F3N5O2. The predicted molar refractivity (Wildman–Crippen MR) is 102 cm³/mol. The van der Waals surface area contributed by atoms with E-state index in [1.54, 1.807) is 27.1 Å². The summed E-state index contributed by atoms with van der Waals surface area (Å²) in [6, 6.07) is 4.95. The Bertz CT molecular complexity index is 855. The molecule has 1 amide bonds. The minimum absolute atomic E-state index is 0.000945. The molecule has 2 N–H and O–H groups in total. The molecule has 0 radical (unpaired) electrons. The highest BCUT2D eigenvalue weighted by Crippen LogP contribution is 2.29. The van der Waals surface area contributed by atoms with Gasteiger partial charge < -0.3 is 20.0 Å². The molecule has 0 fully saturated rings. The second-order valence-electron chi connectivity index (χ2n) is 6.61. The normalized spacial score (nSPS) is 12.0. The van der Waals surface area contributed by atoms with Gasteiger partial charge in [-0.1, -0.05) is 12.1 Å². The van der Waals surface area contributed by atoms with Crippen molar-refractivity contribution in [2.75, 3.05) is 20.6 Å². The van der Waals surface area contributed by atoms with Crippen molar-refractivity contribution in [3.63, 3.8) is 0 Å². The zero-order valence-corrected chi connectivity index (χ0v) is 16.7. The van der Waals surface area contributed by atoms with Crippen LogP contribution in [-0.4, -0.2) is 42.4 Å². The first-order valence-corrected chi connectivity index (χ1v) is 8.87. The Labute approximate surface area is 167 Å². The van der Waals surface area contributed by atoms with Crippen LogP contribution >= 0.6 is 0 Å². The van der Waals surface area contributed by atoms with Crippen LogP contribution in [0, 0.1) is 13.8 Å². The van der Waals surface area contributed by atoms with Crippen molar-refractivity contribution in [2.45, 2.75) is 33.1 Å². The highest BCUT2D eigenvalue weighted by Gasteiger charge is 2.30. The molecule has 0 unspecified atom stereocenters. The number of carbonyl (C=O) groups excluding carboxylic acids is 1. The van der Waals surface area contributed by atoms with E-state index < -0.39 is 11.7 Å². The minimum Gasteiger partial charge on any atom is -0.444 e. The highest BCUT2D eigenvalue weighted by molar-refractivity contribution is 5.86. The van der Waals surface area contributed by atoms with Crippen LogP contribution in [-0.2, 0) is 24.1 Å². The van der Waals surface area contributed by atoms with Crippen molar-refractivity contribution >= 4 is 11.9 Å². The van der Waals surface area contributed by atoms with E-state index in [2.05, 4.69) is 20.6 Å². The summed E-state index contributed by atoms with van der Waals surface area (Å²) in [5.41, 5.74) is 0.420. The molecule has 7 nitrogen and oxygen atoms in total. The Hall–Kier alpha value is -3.04. The van der Waals surface area contributed by atoms with Crippen LogP contribution in [0.2, 0.25) is 0 Å². The quantitative estimate of drug-likeness (QED) is 0.564. The van der Waals surface area contributed by atoms with E-state index in [0.717, 1.165) is 17.8 Å². The number of aromatic nitrogens is 1. The lowest BCUT2D eigenvalue weighted by atomic mass is 10.1. The molecule has 0 bridgehead atoms. The second-order valence-corrected chi connectivity index (χ2v) is 6.61. The number of halogens is 3. The fourth-order valence-corrected chi connectivity index (χ4v) is 2.28. The Balaban J connectivity index is 2.11. The number of hydrogen-bond donors (Lipinski definition) is 2. The maximum Gasteiger partial charge on any atom is 0.416 e. The van der Waals surface area contributed by atoms with Crippen molar-refractivity contribution in [1.82, 2.24) is 20.5 Å². The lowest BCUT2D eigenvalue weighted by Gasteiger charge is -2.14. The van der Waals surface area contributed by atoms with Gasteiger partial charge >= 0.3 is 6.18 Å². The first-order chi connectivity index (χ1) is 13.6. The van der Waals surface area contributed by atoms with Gasteiger partial charge in [0.15, 0.2) is 5.96 Å². The van der Waals surface area contributed by atoms with Crippen LogP contribution in [0.3, 0.4) is 0 Å². The van der Waals surface area contributed by atoms with Gasteiger partial charge in [0.05, 0.1) is 30.9 Å². The maximum atomic E-state index is 12.9. The molecule has 0 saturated heterocycles. The summed E-state index contributed by atoms with van der Waals surface area (Å²) in [4.78, 5) is 21.8. The molecule has 2 aromatic rings. The minimum atomic E-state index is -4.42. The molecule has 0 atom stereocenters. The molecule has 1 aromatic heterocycles. The average Bonchev–Trinajstić information content (AvgIpc) is 2.98. The van der Waals surface area contributed by atoms with Gasteiger partial charge in [-0.3, -0.25) is 4.79 Å². The number of rotatable bonds is 6. The number of nitrogens with one attached hydrogen (secondary N) is 2. The first kappa shape index (κ1) is 22.3. The van der Waals surface area contributed by atoms with Crippen LogP contribution in [0.4, 0.5) is 13.2 Å². The highest BCUT2D eigenvalue weighted by atomic mass is 19.4. The van der Waals surface area contributed by atoms with Gasteiger partial charge in [-0.15, -0.1) is 0 Å². The number of aliphatic imine (C=N–C) groups is 1. The Morgan fingerprint density at radius 3 is 2.55 bits per heavy atom. The molecule has 0 aliphatic rings. The lowest BCUT2D eigenvalue weighted by Crippen LogP contribution is -2.42. The fourth-order valence-electron chi connectivity index (χ4n) is 2.28. The number of alkyl halides is 3. The molecule has 0 aliphatic carbocycles. The number of guanidine groups is 1. The van der Waals surface area contributed by atoms with Crippen LogP contribution in [0.1, 0.15) is 28.5 Å². The first-order valence-electron chi connectivity index (χ1n) is 8.87. The van der Waals surface area contributed by atoms with E-state index in [4.69, 9.17) is 4.42 Å². The topological polar surface area (TPSA) is 82.8 Å². The molecule has 1 heterocycles. The van der Waals surface area contributed by atoms with Gasteiger partial charge in [0, 0.05) is 14.1 Å². The summed E-state index contributed by atoms with van der Waals surface area (Å²) < 4.78 is 44.1. The average molecular weight is 411 g/mol. The number of benzene rings is 1. The van der Waals surface area contributed by atoms with E-state index in [-0.39, 0.29) is 31.5 Å². The van der Waals surface area contributed by atoms with E-state index >= 15 is 0 Å². The van der Waals surface area contributed by atoms with E-state index in [9.17, 15) is 18.0 Å². The molecule has 2 rings (SSSR count). The summed E-state index contributed by atoms with van der Waals surface area (Å²) in [6.07, 6.45) is -4.42. The number of aryl methyl sites for hydroxylation is 2. The number of amides is 1. The van der Waals surface area contributed by atoms with E-state index in [1.165, 1.54) is 11.0 Å². The summed E-state index contributed by atoms with van der Waals surface area (Å²) in [5, 5.41) is 5.84. The number of hydrogen-bond acceptors (Lipinski definition) is 4. The number of nitrogens with zero attached hydrogens (tertiary/aromatic N) is 3. The third-order valence-corrected chi connectivity index (χ3v) is 4.06. The van der Waals surface area contributed by atoms with Crippen molar-refractivity contribution in [3.05, 3.63) is 52.7 Å². The predicted octanol–water partition coefficient (Wildman–Crippen LogP) is 2.63. The Morgan fingerprint density at radius 2 is 1.97 bits per heavy atom. The van der Waals surface area contributed by atoms with Crippen LogP contribution in [0.25, 0.3) is 0 Å². The molecule has 0 saturated carbocycles. The van der Waals surface area contributed by atoms with E-state index in [1.807, 2.05) is 6.92 Å². The van der Waals surface area contributed by atoms with Gasteiger partial charge in [-0.05, 0) is 31.5 Å². The van der Waals surface area contributed by atoms with Gasteiger partial charge in [0.2, 0.25) is 11.8 Å². The summed E-state index contributed by atoms with van der Waals surface area (Å²) in [7, 11) is 3.24. The molecule has 1 aromatic carbocycles. The van der Waals surface area contributed by atoms with E-state index in [0.29, 0.717) is 17.2 Å². The molecule has 0 spiro atoms. The number of likely N-dealkylation sites (N-methyl/N-ethyl adjacent to an activating group) is 1. The van der Waals surface area contributed by atoms with Crippen molar-refractivity contribution in [1.29, 1.82) is 0 Å². The summed E-state index contributed by atoms with van der Waals surface area (Å²) in [6.45, 7) is 3.80. The largest absolute Gasteiger partial charge is 0.444 e. The molecule has 10 heteroatoms. The lowest BCUT2D eigenvalue weighted by molar-refractivity contribution is -0.137. The van der Waals surface area contributed by atoms with Gasteiger partial charge in [0.25, 0.3) is 0 Å². The van der Waals surface area contributed by atoms with Crippen molar-refractivity contribution in [3.8, 4) is 0 Å². The van der Waals surface area contributed by atoms with Crippen molar-refractivity contribution < 1.29 is 22.4 Å². The van der Waals surface area contributed by atoms with Crippen LogP contribution in [0.5, 0.6) is 0 Å².